The summed E-state index contributed by atoms with van der Waals surface area (Å²) in [4.78, 5) is 0. The zero-order chi connectivity index (χ0) is 19.3. The summed E-state index contributed by atoms with van der Waals surface area (Å²) in [7, 11) is -3.32. The first-order valence-corrected chi connectivity index (χ1v) is 10.7. The molecular formula is C22H23NO3S. The highest BCUT2D eigenvalue weighted by atomic mass is 32.2. The molecule has 0 fully saturated rings. The van der Waals surface area contributed by atoms with Gasteiger partial charge in [-0.2, -0.15) is 0 Å². The molecule has 0 aliphatic heterocycles. The summed E-state index contributed by atoms with van der Waals surface area (Å²) in [5, 5.41) is 10.2. The van der Waals surface area contributed by atoms with Crippen LogP contribution in [0.25, 0.3) is 23.1 Å². The van der Waals surface area contributed by atoms with Crippen LogP contribution in [0.2, 0.25) is 0 Å². The van der Waals surface area contributed by atoms with Crippen molar-refractivity contribution >= 4 is 33.1 Å². The number of aromatic nitrogens is 1. The Morgan fingerprint density at radius 2 is 1.63 bits per heavy atom. The number of phenols is 1. The van der Waals surface area contributed by atoms with Crippen molar-refractivity contribution in [3.63, 3.8) is 0 Å². The van der Waals surface area contributed by atoms with E-state index in [1.807, 2.05) is 48.6 Å². The van der Waals surface area contributed by atoms with E-state index in [-0.39, 0.29) is 5.75 Å². The molecule has 0 spiro atoms. The number of phenolic OH excluding ortho intramolecular Hbond substituents is 1. The molecule has 0 unspecified atom stereocenters. The number of hydrogen-bond donors (Lipinski definition) is 1. The summed E-state index contributed by atoms with van der Waals surface area (Å²) >= 11 is 0. The van der Waals surface area contributed by atoms with Gasteiger partial charge in [0.1, 0.15) is 5.75 Å². The topological polar surface area (TPSA) is 59.3 Å². The Labute approximate surface area is 160 Å². The maximum atomic E-state index is 12.0. The fourth-order valence-electron chi connectivity index (χ4n) is 2.95. The summed E-state index contributed by atoms with van der Waals surface area (Å²) in [5.74, 6) is 0.273. The normalized spacial score (nSPS) is 12.5. The molecule has 0 radical (unpaired) electrons. The van der Waals surface area contributed by atoms with Gasteiger partial charge in [0.15, 0.2) is 0 Å². The van der Waals surface area contributed by atoms with Crippen LogP contribution in [-0.2, 0) is 10.0 Å². The number of aromatic hydroxyl groups is 1. The van der Waals surface area contributed by atoms with Gasteiger partial charge in [-0.3, -0.25) is 0 Å². The summed E-state index contributed by atoms with van der Waals surface area (Å²) in [6, 6.07) is 14.6. The molecule has 0 saturated heterocycles. The van der Waals surface area contributed by atoms with E-state index in [9.17, 15) is 13.5 Å². The van der Waals surface area contributed by atoms with Crippen LogP contribution < -0.4 is 0 Å². The highest BCUT2D eigenvalue weighted by molar-refractivity contribution is 7.89. The first-order valence-electron chi connectivity index (χ1n) is 8.88. The Balaban J connectivity index is 1.59. The monoisotopic (exact) mass is 381 g/mol. The number of fused-ring (bicyclic) bond motifs is 1. The third kappa shape index (κ3) is 4.89. The van der Waals surface area contributed by atoms with E-state index in [0.717, 1.165) is 35.8 Å². The van der Waals surface area contributed by atoms with E-state index in [1.165, 1.54) is 10.2 Å². The lowest BCUT2D eigenvalue weighted by atomic mass is 10.1. The lowest BCUT2D eigenvalue weighted by molar-refractivity contribution is 0.475. The lowest BCUT2D eigenvalue weighted by Gasteiger charge is -2.00. The summed E-state index contributed by atoms with van der Waals surface area (Å²) in [6.45, 7) is 0. The molecule has 0 aliphatic carbocycles. The third-order valence-electron chi connectivity index (χ3n) is 4.31. The van der Waals surface area contributed by atoms with Gasteiger partial charge in [0.2, 0.25) is 10.0 Å². The van der Waals surface area contributed by atoms with E-state index in [1.54, 1.807) is 18.3 Å². The highest BCUT2D eigenvalue weighted by Crippen LogP contribution is 2.24. The number of benzene rings is 2. The molecule has 0 bridgehead atoms. The molecular weight excluding hydrogens is 358 g/mol. The molecule has 140 valence electrons. The van der Waals surface area contributed by atoms with Crippen molar-refractivity contribution < 1.29 is 13.5 Å². The Morgan fingerprint density at radius 1 is 0.963 bits per heavy atom. The second-order valence-electron chi connectivity index (χ2n) is 6.49. The molecule has 5 heteroatoms. The SMILES string of the molecule is CS(=O)(=O)n1cc(/C=C/CCC/C=C/c2ccc(O)cc2)c2ccccc21. The number of allylic oxidation sites excluding steroid dienone is 2. The van der Waals surface area contributed by atoms with Crippen LogP contribution >= 0.6 is 0 Å². The highest BCUT2D eigenvalue weighted by Gasteiger charge is 2.12. The average molecular weight is 381 g/mol. The van der Waals surface area contributed by atoms with Gasteiger partial charge in [0.05, 0.1) is 11.8 Å². The van der Waals surface area contributed by atoms with Crippen LogP contribution in [0, 0.1) is 0 Å². The fraction of sp³-hybridized carbons (Fsp3) is 0.182. The second-order valence-corrected chi connectivity index (χ2v) is 8.35. The van der Waals surface area contributed by atoms with Gasteiger partial charge in [-0.1, -0.05) is 54.6 Å². The predicted molar refractivity (Wildman–Crippen MR) is 112 cm³/mol. The largest absolute Gasteiger partial charge is 0.508 e. The quantitative estimate of drug-likeness (QED) is 0.583. The molecule has 0 aliphatic rings. The van der Waals surface area contributed by atoms with Crippen LogP contribution in [0.4, 0.5) is 0 Å². The minimum absolute atomic E-state index is 0.273. The third-order valence-corrected chi connectivity index (χ3v) is 5.33. The lowest BCUT2D eigenvalue weighted by Crippen LogP contribution is -2.07. The number of nitrogens with zero attached hydrogens (tertiary/aromatic N) is 1. The zero-order valence-electron chi connectivity index (χ0n) is 15.2. The molecule has 27 heavy (non-hydrogen) atoms. The molecule has 1 heterocycles. The molecule has 4 nitrogen and oxygen atoms in total. The summed E-state index contributed by atoms with van der Waals surface area (Å²) in [6.07, 6.45) is 14.0. The zero-order valence-corrected chi connectivity index (χ0v) is 16.1. The van der Waals surface area contributed by atoms with E-state index in [4.69, 9.17) is 0 Å². The van der Waals surface area contributed by atoms with Gasteiger partial charge in [-0.05, 0) is 43.0 Å². The first-order chi connectivity index (χ1) is 12.9. The van der Waals surface area contributed by atoms with Crippen LogP contribution in [0.15, 0.2) is 66.9 Å². The van der Waals surface area contributed by atoms with Crippen molar-refractivity contribution in [2.24, 2.45) is 0 Å². The Bertz CT molecular complexity index is 1070. The van der Waals surface area contributed by atoms with Crippen molar-refractivity contribution in [3.8, 4) is 5.75 Å². The van der Waals surface area contributed by atoms with Crippen LogP contribution in [0.1, 0.15) is 30.4 Å². The van der Waals surface area contributed by atoms with Crippen molar-refractivity contribution in [1.82, 2.24) is 3.97 Å². The van der Waals surface area contributed by atoms with Crippen molar-refractivity contribution in [2.75, 3.05) is 6.26 Å². The Hall–Kier alpha value is -2.79. The standard InChI is InChI=1S/C22H23NO3S/c1-27(25,26)23-17-19(21-11-7-8-12-22(21)23)10-6-4-2-3-5-9-18-13-15-20(24)16-14-18/h5-17,24H,2-4H2,1H3/b9-5+,10-6+. The van der Waals surface area contributed by atoms with E-state index >= 15 is 0 Å². The van der Waals surface area contributed by atoms with Crippen LogP contribution in [-0.4, -0.2) is 23.8 Å². The average Bonchev–Trinajstić information content (AvgIpc) is 3.02. The number of rotatable bonds is 7. The minimum atomic E-state index is -3.32. The van der Waals surface area contributed by atoms with Crippen molar-refractivity contribution in [2.45, 2.75) is 19.3 Å². The minimum Gasteiger partial charge on any atom is -0.508 e. The molecule has 0 amide bonds. The van der Waals surface area contributed by atoms with Gasteiger partial charge < -0.3 is 5.11 Å². The Morgan fingerprint density at radius 3 is 2.33 bits per heavy atom. The number of hydrogen-bond acceptors (Lipinski definition) is 3. The number of para-hydroxylation sites is 1. The van der Waals surface area contributed by atoms with Gasteiger partial charge in [-0.25, -0.2) is 12.4 Å². The van der Waals surface area contributed by atoms with E-state index in [0.29, 0.717) is 5.52 Å². The first kappa shape index (κ1) is 19.0. The van der Waals surface area contributed by atoms with Gasteiger partial charge in [-0.15, -0.1) is 0 Å². The molecule has 3 aromatic rings. The molecule has 0 saturated carbocycles. The fourth-order valence-corrected chi connectivity index (χ4v) is 3.77. The Kier molecular flexibility index (Phi) is 5.81. The van der Waals surface area contributed by atoms with Crippen LogP contribution in [0.5, 0.6) is 5.75 Å². The van der Waals surface area contributed by atoms with Gasteiger partial charge >= 0.3 is 0 Å². The second kappa shape index (κ2) is 8.27. The summed E-state index contributed by atoms with van der Waals surface area (Å²) in [5.41, 5.74) is 2.68. The van der Waals surface area contributed by atoms with E-state index < -0.39 is 10.0 Å². The molecule has 1 aromatic heterocycles. The van der Waals surface area contributed by atoms with Gasteiger partial charge in [0, 0.05) is 17.1 Å². The van der Waals surface area contributed by atoms with Crippen LogP contribution in [0.3, 0.4) is 0 Å². The maximum absolute atomic E-state index is 12.0. The maximum Gasteiger partial charge on any atom is 0.236 e. The molecule has 0 atom stereocenters. The molecule has 3 rings (SSSR count). The predicted octanol–water partition coefficient (Wildman–Crippen LogP) is 5.05. The van der Waals surface area contributed by atoms with Crippen molar-refractivity contribution in [3.05, 3.63) is 78.0 Å². The van der Waals surface area contributed by atoms with Gasteiger partial charge in [0.25, 0.3) is 0 Å². The number of unbranched alkanes of at least 4 members (excludes halogenated alkanes) is 2. The molecule has 2 aromatic carbocycles. The van der Waals surface area contributed by atoms with E-state index in [2.05, 4.69) is 12.2 Å². The van der Waals surface area contributed by atoms with Crippen molar-refractivity contribution in [1.29, 1.82) is 0 Å². The molecule has 1 N–H and O–H groups in total. The summed E-state index contributed by atoms with van der Waals surface area (Å²) < 4.78 is 25.3. The smallest absolute Gasteiger partial charge is 0.236 e.